The Balaban J connectivity index is 1.93. The van der Waals surface area contributed by atoms with E-state index in [4.69, 9.17) is 0 Å². The number of hydrogen-bond acceptors (Lipinski definition) is 3. The molecule has 0 aromatic heterocycles. The predicted molar refractivity (Wildman–Crippen MR) is 104 cm³/mol. The Kier molecular flexibility index (Phi) is 7.94. The molecular formula is C20H25FN2O3S. The van der Waals surface area contributed by atoms with Crippen LogP contribution in [0.2, 0.25) is 0 Å². The maximum atomic E-state index is 12.9. The Bertz CT molecular complexity index is 852. The average molecular weight is 392 g/mol. The van der Waals surface area contributed by atoms with Crippen LogP contribution in [0.1, 0.15) is 42.1 Å². The van der Waals surface area contributed by atoms with Crippen molar-refractivity contribution in [3.05, 3.63) is 65.5 Å². The van der Waals surface area contributed by atoms with Gasteiger partial charge in [0.15, 0.2) is 0 Å². The van der Waals surface area contributed by atoms with E-state index in [1.54, 1.807) is 24.3 Å². The number of carbonyl (C=O) groups is 1. The molecule has 7 heteroatoms. The maximum Gasteiger partial charge on any atom is 0.251 e. The molecule has 0 saturated heterocycles. The normalized spacial score (nSPS) is 11.3. The van der Waals surface area contributed by atoms with Gasteiger partial charge in [-0.15, -0.1) is 0 Å². The number of rotatable bonds is 10. The molecule has 0 aliphatic carbocycles. The van der Waals surface area contributed by atoms with Crippen molar-refractivity contribution in [2.75, 3.05) is 13.1 Å². The van der Waals surface area contributed by atoms with E-state index >= 15 is 0 Å². The Morgan fingerprint density at radius 1 is 1.04 bits per heavy atom. The molecule has 0 unspecified atom stereocenters. The topological polar surface area (TPSA) is 75.3 Å². The lowest BCUT2D eigenvalue weighted by Gasteiger charge is -2.09. The van der Waals surface area contributed by atoms with Gasteiger partial charge in [0, 0.05) is 18.7 Å². The second-order valence-electron chi connectivity index (χ2n) is 6.27. The fourth-order valence-corrected chi connectivity index (χ4v) is 3.66. The molecule has 146 valence electrons. The maximum absolute atomic E-state index is 12.9. The van der Waals surface area contributed by atoms with Crippen molar-refractivity contribution in [3.8, 4) is 0 Å². The third-order valence-electron chi connectivity index (χ3n) is 4.09. The summed E-state index contributed by atoms with van der Waals surface area (Å²) in [6.45, 7) is 2.80. The summed E-state index contributed by atoms with van der Waals surface area (Å²) in [4.78, 5) is 12.4. The first-order chi connectivity index (χ1) is 12.9. The lowest BCUT2D eigenvalue weighted by molar-refractivity contribution is 0.0954. The lowest BCUT2D eigenvalue weighted by atomic mass is 10.1. The SMILES string of the molecule is CCCCCNS(=O)(=O)c1cccc(C(=O)NCCc2ccc(F)cc2)c1. The van der Waals surface area contributed by atoms with Crippen LogP contribution in [0.15, 0.2) is 53.4 Å². The second kappa shape index (κ2) is 10.2. The van der Waals surface area contributed by atoms with Crippen LogP contribution >= 0.6 is 0 Å². The monoisotopic (exact) mass is 392 g/mol. The highest BCUT2D eigenvalue weighted by Gasteiger charge is 2.15. The van der Waals surface area contributed by atoms with Crippen LogP contribution in [0.3, 0.4) is 0 Å². The van der Waals surface area contributed by atoms with Crippen LogP contribution in [-0.4, -0.2) is 27.4 Å². The lowest BCUT2D eigenvalue weighted by Crippen LogP contribution is -2.27. The van der Waals surface area contributed by atoms with Gasteiger partial charge in [-0.3, -0.25) is 4.79 Å². The first kappa shape index (κ1) is 21.1. The van der Waals surface area contributed by atoms with Gasteiger partial charge >= 0.3 is 0 Å². The van der Waals surface area contributed by atoms with Crippen molar-refractivity contribution >= 4 is 15.9 Å². The number of sulfonamides is 1. The van der Waals surface area contributed by atoms with E-state index in [1.807, 2.05) is 6.92 Å². The van der Waals surface area contributed by atoms with Gasteiger partial charge < -0.3 is 5.32 Å². The van der Waals surface area contributed by atoms with Gasteiger partial charge in [-0.25, -0.2) is 17.5 Å². The zero-order chi connectivity index (χ0) is 19.7. The molecule has 2 rings (SSSR count). The van der Waals surface area contributed by atoms with E-state index in [0.717, 1.165) is 24.8 Å². The molecule has 0 saturated carbocycles. The summed E-state index contributed by atoms with van der Waals surface area (Å²) in [5.41, 5.74) is 1.19. The zero-order valence-corrected chi connectivity index (χ0v) is 16.2. The number of halogens is 1. The minimum atomic E-state index is -3.63. The minimum Gasteiger partial charge on any atom is -0.352 e. The van der Waals surface area contributed by atoms with Crippen molar-refractivity contribution in [2.24, 2.45) is 0 Å². The number of amides is 1. The van der Waals surface area contributed by atoms with E-state index in [0.29, 0.717) is 19.5 Å². The molecule has 2 aromatic carbocycles. The van der Waals surface area contributed by atoms with Crippen LogP contribution in [-0.2, 0) is 16.4 Å². The van der Waals surface area contributed by atoms with Crippen molar-refractivity contribution < 1.29 is 17.6 Å². The van der Waals surface area contributed by atoms with Crippen LogP contribution < -0.4 is 10.0 Å². The van der Waals surface area contributed by atoms with Gasteiger partial charge in [0.2, 0.25) is 10.0 Å². The number of benzene rings is 2. The molecule has 5 nitrogen and oxygen atoms in total. The van der Waals surface area contributed by atoms with Crippen LogP contribution in [0.25, 0.3) is 0 Å². The highest BCUT2D eigenvalue weighted by atomic mass is 32.2. The fourth-order valence-electron chi connectivity index (χ4n) is 2.54. The third-order valence-corrected chi connectivity index (χ3v) is 5.55. The molecule has 0 radical (unpaired) electrons. The van der Waals surface area contributed by atoms with Gasteiger partial charge in [-0.2, -0.15) is 0 Å². The standard InChI is InChI=1S/C20H25FN2O3S/c1-2-3-4-13-23-27(25,26)19-7-5-6-17(15-19)20(24)22-14-12-16-8-10-18(21)11-9-16/h5-11,15,23H,2-4,12-14H2,1H3,(H,22,24). The summed E-state index contributed by atoms with van der Waals surface area (Å²) >= 11 is 0. The van der Waals surface area contributed by atoms with E-state index in [1.165, 1.54) is 24.3 Å². The van der Waals surface area contributed by atoms with E-state index < -0.39 is 10.0 Å². The van der Waals surface area contributed by atoms with Crippen molar-refractivity contribution in [2.45, 2.75) is 37.5 Å². The highest BCUT2D eigenvalue weighted by molar-refractivity contribution is 7.89. The summed E-state index contributed by atoms with van der Waals surface area (Å²) < 4.78 is 40.1. The first-order valence-electron chi connectivity index (χ1n) is 9.05. The van der Waals surface area contributed by atoms with Gasteiger partial charge in [-0.05, 0) is 48.7 Å². The average Bonchev–Trinajstić information content (AvgIpc) is 2.67. The largest absolute Gasteiger partial charge is 0.352 e. The Morgan fingerprint density at radius 3 is 2.48 bits per heavy atom. The molecule has 1 amide bonds. The summed E-state index contributed by atoms with van der Waals surface area (Å²) in [6, 6.07) is 12.0. The number of carbonyl (C=O) groups excluding carboxylic acids is 1. The number of unbranched alkanes of at least 4 members (excludes halogenated alkanes) is 2. The molecule has 0 bridgehead atoms. The number of hydrogen-bond donors (Lipinski definition) is 2. The summed E-state index contributed by atoms with van der Waals surface area (Å²) in [7, 11) is -3.63. The highest BCUT2D eigenvalue weighted by Crippen LogP contribution is 2.12. The Morgan fingerprint density at radius 2 is 1.78 bits per heavy atom. The molecule has 0 aliphatic heterocycles. The minimum absolute atomic E-state index is 0.0742. The van der Waals surface area contributed by atoms with Gasteiger partial charge in [0.1, 0.15) is 5.82 Å². The summed E-state index contributed by atoms with van der Waals surface area (Å²) in [6.07, 6.45) is 3.30. The molecule has 0 aliphatic rings. The molecular weight excluding hydrogens is 367 g/mol. The second-order valence-corrected chi connectivity index (χ2v) is 8.03. The van der Waals surface area contributed by atoms with Gasteiger partial charge in [-0.1, -0.05) is 38.0 Å². The van der Waals surface area contributed by atoms with Crippen molar-refractivity contribution in [1.29, 1.82) is 0 Å². The van der Waals surface area contributed by atoms with Crippen molar-refractivity contribution in [3.63, 3.8) is 0 Å². The Labute approximate surface area is 160 Å². The molecule has 2 N–H and O–H groups in total. The molecule has 0 spiro atoms. The molecule has 27 heavy (non-hydrogen) atoms. The quantitative estimate of drug-likeness (QED) is 0.610. The Hall–Kier alpha value is -2.25. The van der Waals surface area contributed by atoms with Crippen LogP contribution in [0.5, 0.6) is 0 Å². The molecule has 0 fully saturated rings. The first-order valence-corrected chi connectivity index (χ1v) is 10.5. The third kappa shape index (κ3) is 6.77. The van der Waals surface area contributed by atoms with Crippen LogP contribution in [0, 0.1) is 5.82 Å². The van der Waals surface area contributed by atoms with Crippen LogP contribution in [0.4, 0.5) is 4.39 Å². The van der Waals surface area contributed by atoms with Gasteiger partial charge in [0.25, 0.3) is 5.91 Å². The molecule has 0 heterocycles. The summed E-state index contributed by atoms with van der Waals surface area (Å²) in [5, 5.41) is 2.75. The van der Waals surface area contributed by atoms with Crippen molar-refractivity contribution in [1.82, 2.24) is 10.0 Å². The molecule has 2 aromatic rings. The zero-order valence-electron chi connectivity index (χ0n) is 15.4. The fraction of sp³-hybridized carbons (Fsp3) is 0.350. The predicted octanol–water partition coefficient (Wildman–Crippen LogP) is 3.27. The van der Waals surface area contributed by atoms with E-state index in [9.17, 15) is 17.6 Å². The smallest absolute Gasteiger partial charge is 0.251 e. The van der Waals surface area contributed by atoms with E-state index in [2.05, 4.69) is 10.0 Å². The van der Waals surface area contributed by atoms with E-state index in [-0.39, 0.29) is 22.2 Å². The molecule has 0 atom stereocenters. The van der Waals surface area contributed by atoms with Gasteiger partial charge in [0.05, 0.1) is 4.90 Å². The summed E-state index contributed by atoms with van der Waals surface area (Å²) in [5.74, 6) is -0.649. The number of nitrogens with one attached hydrogen (secondary N) is 2.